The molecule has 0 saturated carbocycles. The number of methoxy groups -OCH3 is 2. The van der Waals surface area contributed by atoms with Gasteiger partial charge in [0.25, 0.3) is 0 Å². The zero-order chi connectivity index (χ0) is 23.5. The maximum Gasteiger partial charge on any atom is 0.322 e. The fourth-order valence-electron chi connectivity index (χ4n) is 3.41. The zero-order valence-electron chi connectivity index (χ0n) is 19.9. The monoisotopic (exact) mass is 444 g/mol. The second-order valence-corrected chi connectivity index (χ2v) is 7.93. The Hall–Kier alpha value is -2.84. The predicted octanol–water partition coefficient (Wildman–Crippen LogP) is 3.19. The minimum absolute atomic E-state index is 0.0193. The number of nitrogens with one attached hydrogen (secondary N) is 1. The summed E-state index contributed by atoms with van der Waals surface area (Å²) in [5.74, 6) is -0.128. The molecule has 1 heterocycles. The number of carbonyl (C=O) groups excluding carboxylic acids is 2. The van der Waals surface area contributed by atoms with E-state index in [2.05, 4.69) is 5.32 Å². The van der Waals surface area contributed by atoms with Crippen LogP contribution in [0.15, 0.2) is 36.5 Å². The Morgan fingerprint density at radius 1 is 1.03 bits per heavy atom. The van der Waals surface area contributed by atoms with Crippen molar-refractivity contribution in [3.8, 4) is 0 Å². The molecule has 2 rings (SSSR count). The lowest BCUT2D eigenvalue weighted by atomic mass is 10.1. The molecule has 0 radical (unpaired) electrons. The zero-order valence-corrected chi connectivity index (χ0v) is 19.9. The number of carbonyl (C=O) groups is 2. The first-order valence-corrected chi connectivity index (χ1v) is 10.8. The Bertz CT molecular complexity index is 881. The predicted molar refractivity (Wildman–Crippen MR) is 126 cm³/mol. The highest BCUT2D eigenvalue weighted by Gasteiger charge is 2.22. The number of aryl methyl sites for hydroxylation is 3. The van der Waals surface area contributed by atoms with Gasteiger partial charge in [0.15, 0.2) is 0 Å². The largest absolute Gasteiger partial charge is 0.385 e. The Balaban J connectivity index is 2.13. The molecule has 0 aliphatic rings. The van der Waals surface area contributed by atoms with E-state index in [1.54, 1.807) is 24.0 Å². The van der Waals surface area contributed by atoms with Crippen LogP contribution in [0.2, 0.25) is 0 Å². The summed E-state index contributed by atoms with van der Waals surface area (Å²) in [5.41, 5.74) is 3.86. The second-order valence-electron chi connectivity index (χ2n) is 7.93. The molecular formula is C24H36N4O4. The summed E-state index contributed by atoms with van der Waals surface area (Å²) in [5, 5.41) is 2.95. The molecule has 0 unspecified atom stereocenters. The summed E-state index contributed by atoms with van der Waals surface area (Å²) in [4.78, 5) is 29.5. The van der Waals surface area contributed by atoms with E-state index in [0.29, 0.717) is 39.3 Å². The van der Waals surface area contributed by atoms with Crippen LogP contribution in [-0.4, -0.2) is 73.4 Å². The Kier molecular flexibility index (Phi) is 10.2. The van der Waals surface area contributed by atoms with Crippen molar-refractivity contribution in [3.05, 3.63) is 53.3 Å². The van der Waals surface area contributed by atoms with Gasteiger partial charge in [0.2, 0.25) is 5.91 Å². The number of urea groups is 1. The Morgan fingerprint density at radius 2 is 1.78 bits per heavy atom. The minimum Gasteiger partial charge on any atom is -0.385 e. The molecule has 3 amide bonds. The molecule has 8 nitrogen and oxygen atoms in total. The van der Waals surface area contributed by atoms with Crippen molar-refractivity contribution < 1.29 is 19.1 Å². The third-order valence-corrected chi connectivity index (χ3v) is 5.34. The fourth-order valence-corrected chi connectivity index (χ4v) is 3.41. The lowest BCUT2D eigenvalue weighted by Crippen LogP contribution is -2.45. The van der Waals surface area contributed by atoms with E-state index in [9.17, 15) is 9.59 Å². The van der Waals surface area contributed by atoms with E-state index in [-0.39, 0.29) is 18.5 Å². The average Bonchev–Trinajstić information content (AvgIpc) is 3.16. The summed E-state index contributed by atoms with van der Waals surface area (Å²) >= 11 is 0. The molecular weight excluding hydrogens is 408 g/mol. The Morgan fingerprint density at radius 3 is 2.41 bits per heavy atom. The number of nitrogens with zero attached hydrogens (tertiary/aromatic N) is 3. The lowest BCUT2D eigenvalue weighted by molar-refractivity contribution is -0.133. The molecule has 1 aromatic heterocycles. The van der Waals surface area contributed by atoms with Gasteiger partial charge in [-0.05, 0) is 44.0 Å². The van der Waals surface area contributed by atoms with E-state index in [0.717, 1.165) is 22.5 Å². The van der Waals surface area contributed by atoms with Crippen LogP contribution in [-0.2, 0) is 27.9 Å². The molecule has 0 aliphatic heterocycles. The topological polar surface area (TPSA) is 76.0 Å². The van der Waals surface area contributed by atoms with Gasteiger partial charge >= 0.3 is 6.03 Å². The van der Waals surface area contributed by atoms with Gasteiger partial charge in [-0.25, -0.2) is 4.79 Å². The van der Waals surface area contributed by atoms with Crippen molar-refractivity contribution in [3.63, 3.8) is 0 Å². The molecule has 0 atom stereocenters. The fraction of sp³-hybridized carbons (Fsp3) is 0.500. The molecule has 2 aromatic rings. The molecule has 32 heavy (non-hydrogen) atoms. The normalized spacial score (nSPS) is 10.8. The number of hydrogen-bond acceptors (Lipinski definition) is 4. The number of aromatic nitrogens is 1. The van der Waals surface area contributed by atoms with Gasteiger partial charge in [-0.3, -0.25) is 4.79 Å². The van der Waals surface area contributed by atoms with Gasteiger partial charge < -0.3 is 29.2 Å². The van der Waals surface area contributed by atoms with E-state index < -0.39 is 0 Å². The number of amides is 3. The molecule has 0 aliphatic carbocycles. The van der Waals surface area contributed by atoms with Crippen molar-refractivity contribution in [2.45, 2.75) is 26.8 Å². The van der Waals surface area contributed by atoms with E-state index >= 15 is 0 Å². The number of benzene rings is 1. The van der Waals surface area contributed by atoms with Crippen molar-refractivity contribution >= 4 is 17.6 Å². The van der Waals surface area contributed by atoms with Crippen LogP contribution in [0.3, 0.4) is 0 Å². The molecule has 0 bridgehead atoms. The van der Waals surface area contributed by atoms with Crippen LogP contribution in [0.5, 0.6) is 0 Å². The number of rotatable bonds is 12. The third-order valence-electron chi connectivity index (χ3n) is 5.34. The third kappa shape index (κ3) is 7.69. The first-order chi connectivity index (χ1) is 15.3. The van der Waals surface area contributed by atoms with Gasteiger partial charge in [-0.2, -0.15) is 0 Å². The summed E-state index contributed by atoms with van der Waals surface area (Å²) < 4.78 is 12.3. The van der Waals surface area contributed by atoms with Crippen LogP contribution in [0.4, 0.5) is 10.5 Å². The van der Waals surface area contributed by atoms with Crippen LogP contribution >= 0.6 is 0 Å². The highest BCUT2D eigenvalue weighted by atomic mass is 16.5. The quantitative estimate of drug-likeness (QED) is 0.510. The SMILES string of the molecule is COCCCN(CC(=O)N(CCOC)Cc1cccn1C)C(=O)Nc1ccc(C)cc1C. The summed E-state index contributed by atoms with van der Waals surface area (Å²) in [7, 11) is 5.18. The van der Waals surface area contributed by atoms with Gasteiger partial charge in [0.1, 0.15) is 6.54 Å². The molecule has 1 N–H and O–H groups in total. The number of ether oxygens (including phenoxy) is 2. The summed E-state index contributed by atoms with van der Waals surface area (Å²) in [6.07, 6.45) is 2.59. The van der Waals surface area contributed by atoms with Crippen LogP contribution < -0.4 is 5.32 Å². The van der Waals surface area contributed by atoms with Gasteiger partial charge in [0, 0.05) is 58.5 Å². The maximum absolute atomic E-state index is 13.2. The molecule has 0 saturated heterocycles. The summed E-state index contributed by atoms with van der Waals surface area (Å²) in [6.45, 7) is 6.20. The molecule has 176 valence electrons. The number of hydrogen-bond donors (Lipinski definition) is 1. The molecule has 8 heteroatoms. The van der Waals surface area contributed by atoms with Gasteiger partial charge in [-0.1, -0.05) is 17.7 Å². The number of anilines is 1. The van der Waals surface area contributed by atoms with Crippen LogP contribution in [0.1, 0.15) is 23.2 Å². The van der Waals surface area contributed by atoms with Gasteiger partial charge in [-0.15, -0.1) is 0 Å². The lowest BCUT2D eigenvalue weighted by Gasteiger charge is -2.28. The Labute approximate surface area is 191 Å². The van der Waals surface area contributed by atoms with Crippen LogP contribution in [0, 0.1) is 13.8 Å². The first kappa shape index (κ1) is 25.4. The highest BCUT2D eigenvalue weighted by molar-refractivity contribution is 5.93. The maximum atomic E-state index is 13.2. The van der Waals surface area contributed by atoms with E-state index in [4.69, 9.17) is 9.47 Å². The molecule has 0 spiro atoms. The van der Waals surface area contributed by atoms with Crippen LogP contribution in [0.25, 0.3) is 0 Å². The first-order valence-electron chi connectivity index (χ1n) is 10.8. The van der Waals surface area contributed by atoms with E-state index in [1.807, 2.05) is 62.0 Å². The molecule has 1 aromatic carbocycles. The van der Waals surface area contributed by atoms with Crippen molar-refractivity contribution in [2.75, 3.05) is 52.4 Å². The highest BCUT2D eigenvalue weighted by Crippen LogP contribution is 2.17. The van der Waals surface area contributed by atoms with Crippen molar-refractivity contribution in [1.29, 1.82) is 0 Å². The van der Waals surface area contributed by atoms with E-state index in [1.165, 1.54) is 0 Å². The smallest absolute Gasteiger partial charge is 0.322 e. The molecule has 0 fully saturated rings. The second kappa shape index (κ2) is 12.9. The standard InChI is InChI=1S/C24H36N4O4/c1-19-9-10-22(20(2)16-19)25-24(30)28(12-7-14-31-4)18-23(29)27(13-15-32-5)17-21-8-6-11-26(21)3/h6,8-11,16H,7,12-15,17-18H2,1-5H3,(H,25,30). The van der Waals surface area contributed by atoms with Gasteiger partial charge in [0.05, 0.1) is 13.2 Å². The average molecular weight is 445 g/mol. The minimum atomic E-state index is -0.299. The van der Waals surface area contributed by atoms with Crippen molar-refractivity contribution in [1.82, 2.24) is 14.4 Å². The van der Waals surface area contributed by atoms with Crippen molar-refractivity contribution in [2.24, 2.45) is 7.05 Å². The summed E-state index contributed by atoms with van der Waals surface area (Å²) in [6, 6.07) is 9.49.